The predicted octanol–water partition coefficient (Wildman–Crippen LogP) is 2.72. The molecule has 4 nitrogen and oxygen atoms in total. The molecule has 108 valence electrons. The van der Waals surface area contributed by atoms with Gasteiger partial charge in [0.15, 0.2) is 0 Å². The number of carbonyl (C=O) groups is 2. The van der Waals surface area contributed by atoms with Gasteiger partial charge in [-0.25, -0.2) is 4.79 Å². The number of carboxylic acid groups (broad SMARTS) is 1. The molecule has 2 aromatic rings. The van der Waals surface area contributed by atoms with Crippen molar-refractivity contribution in [1.29, 1.82) is 0 Å². The largest absolute Gasteiger partial charge is 0.480 e. The molecule has 1 atom stereocenters. The van der Waals surface area contributed by atoms with Crippen molar-refractivity contribution in [2.75, 3.05) is 0 Å². The summed E-state index contributed by atoms with van der Waals surface area (Å²) in [7, 11) is 0. The molecule has 0 radical (unpaired) electrons. The summed E-state index contributed by atoms with van der Waals surface area (Å²) < 4.78 is 1.03. The van der Waals surface area contributed by atoms with Crippen molar-refractivity contribution in [3.05, 3.63) is 69.3 Å². The van der Waals surface area contributed by atoms with Crippen molar-refractivity contribution in [2.45, 2.75) is 12.5 Å². The maximum absolute atomic E-state index is 12.0. The smallest absolute Gasteiger partial charge is 0.326 e. The molecule has 0 aliphatic rings. The lowest BCUT2D eigenvalue weighted by molar-refractivity contribution is -0.139. The van der Waals surface area contributed by atoms with Crippen LogP contribution < -0.4 is 5.32 Å². The Morgan fingerprint density at radius 1 is 1.10 bits per heavy atom. The van der Waals surface area contributed by atoms with Crippen LogP contribution in [0.4, 0.5) is 0 Å². The molecular weight excluding hydrogens is 381 g/mol. The second-order valence-electron chi connectivity index (χ2n) is 4.56. The van der Waals surface area contributed by atoms with E-state index in [1.165, 1.54) is 0 Å². The van der Waals surface area contributed by atoms with Gasteiger partial charge < -0.3 is 10.4 Å². The number of aliphatic carboxylic acids is 1. The summed E-state index contributed by atoms with van der Waals surface area (Å²) in [5.41, 5.74) is 1.33. The highest BCUT2D eigenvalue weighted by Gasteiger charge is 2.21. The first-order chi connectivity index (χ1) is 10.1. The lowest BCUT2D eigenvalue weighted by Crippen LogP contribution is -2.42. The number of benzene rings is 2. The lowest BCUT2D eigenvalue weighted by atomic mass is 10.1. The number of rotatable bonds is 5. The maximum Gasteiger partial charge on any atom is 0.326 e. The van der Waals surface area contributed by atoms with Gasteiger partial charge in [-0.1, -0.05) is 30.3 Å². The number of hydrogen-bond acceptors (Lipinski definition) is 2. The average molecular weight is 395 g/mol. The van der Waals surface area contributed by atoms with Crippen molar-refractivity contribution in [3.8, 4) is 0 Å². The second kappa shape index (κ2) is 7.21. The van der Waals surface area contributed by atoms with Crippen molar-refractivity contribution >= 4 is 34.5 Å². The van der Waals surface area contributed by atoms with Gasteiger partial charge in [-0.15, -0.1) is 0 Å². The molecule has 1 amide bonds. The molecule has 0 spiro atoms. The first kappa shape index (κ1) is 15.5. The van der Waals surface area contributed by atoms with E-state index in [0.29, 0.717) is 5.56 Å². The fourth-order valence-corrected chi connectivity index (χ4v) is 2.54. The van der Waals surface area contributed by atoms with E-state index < -0.39 is 12.0 Å². The quantitative estimate of drug-likeness (QED) is 0.766. The monoisotopic (exact) mass is 395 g/mol. The molecular formula is C16H14INO3. The maximum atomic E-state index is 12.0. The van der Waals surface area contributed by atoms with Gasteiger partial charge in [0, 0.05) is 15.6 Å². The van der Waals surface area contributed by atoms with Crippen LogP contribution in [-0.4, -0.2) is 23.0 Å². The van der Waals surface area contributed by atoms with Gasteiger partial charge in [0.05, 0.1) is 0 Å². The van der Waals surface area contributed by atoms with Crippen LogP contribution in [0.2, 0.25) is 0 Å². The molecule has 0 heterocycles. The zero-order valence-electron chi connectivity index (χ0n) is 11.1. The Bertz CT molecular complexity index is 643. The molecule has 0 bridgehead atoms. The molecule has 0 aliphatic carbocycles. The zero-order chi connectivity index (χ0) is 15.2. The lowest BCUT2D eigenvalue weighted by Gasteiger charge is -2.15. The normalized spacial score (nSPS) is 11.7. The molecule has 0 fully saturated rings. The molecule has 2 aromatic carbocycles. The Balaban J connectivity index is 2.09. The third-order valence-corrected chi connectivity index (χ3v) is 3.64. The summed E-state index contributed by atoms with van der Waals surface area (Å²) in [6, 6.07) is 15.2. The number of amides is 1. The van der Waals surface area contributed by atoms with Crippen molar-refractivity contribution in [3.63, 3.8) is 0 Å². The van der Waals surface area contributed by atoms with Gasteiger partial charge in [-0.05, 0) is 52.4 Å². The third kappa shape index (κ3) is 4.56. The summed E-state index contributed by atoms with van der Waals surface area (Å²) in [5.74, 6) is -1.42. The Morgan fingerprint density at radius 3 is 2.43 bits per heavy atom. The predicted molar refractivity (Wildman–Crippen MR) is 88.2 cm³/mol. The van der Waals surface area contributed by atoms with E-state index in [2.05, 4.69) is 27.9 Å². The van der Waals surface area contributed by atoms with Crippen LogP contribution in [0, 0.1) is 3.57 Å². The standard InChI is InChI=1S/C16H14INO3/c17-13-8-4-5-11(9-13)10-14(16(20)21)18-15(19)12-6-2-1-3-7-12/h1-9,14H,10H2,(H,18,19)(H,20,21)/t14-/m1/s1. The molecule has 2 N–H and O–H groups in total. The van der Waals surface area contributed by atoms with Crippen LogP contribution in [-0.2, 0) is 11.2 Å². The number of carbonyl (C=O) groups excluding carboxylic acids is 1. The topological polar surface area (TPSA) is 66.4 Å². The minimum absolute atomic E-state index is 0.255. The minimum atomic E-state index is -1.04. The highest BCUT2D eigenvalue weighted by Crippen LogP contribution is 2.10. The Morgan fingerprint density at radius 2 is 1.81 bits per heavy atom. The fraction of sp³-hybridized carbons (Fsp3) is 0.125. The van der Waals surface area contributed by atoms with Gasteiger partial charge in [-0.2, -0.15) is 0 Å². The molecule has 5 heteroatoms. The number of nitrogens with one attached hydrogen (secondary N) is 1. The third-order valence-electron chi connectivity index (χ3n) is 2.97. The first-order valence-corrected chi connectivity index (χ1v) is 7.47. The van der Waals surface area contributed by atoms with Gasteiger partial charge in [0.25, 0.3) is 5.91 Å². The summed E-state index contributed by atoms with van der Waals surface area (Å²) in [6.45, 7) is 0. The van der Waals surface area contributed by atoms with E-state index in [9.17, 15) is 14.7 Å². The molecule has 0 saturated carbocycles. The highest BCUT2D eigenvalue weighted by molar-refractivity contribution is 14.1. The van der Waals surface area contributed by atoms with Crippen LogP contribution in [0.3, 0.4) is 0 Å². The summed E-state index contributed by atoms with van der Waals surface area (Å²) >= 11 is 2.17. The van der Waals surface area contributed by atoms with Gasteiger partial charge in [0.1, 0.15) is 6.04 Å². The first-order valence-electron chi connectivity index (χ1n) is 6.39. The summed E-state index contributed by atoms with van der Waals surface area (Å²) in [6.07, 6.45) is 0.255. The highest BCUT2D eigenvalue weighted by atomic mass is 127. The summed E-state index contributed by atoms with van der Waals surface area (Å²) in [4.78, 5) is 23.4. The van der Waals surface area contributed by atoms with Crippen molar-refractivity contribution < 1.29 is 14.7 Å². The molecule has 21 heavy (non-hydrogen) atoms. The van der Waals surface area contributed by atoms with Gasteiger partial charge >= 0.3 is 5.97 Å². The molecule has 2 rings (SSSR count). The van der Waals surface area contributed by atoms with Crippen LogP contribution in [0.1, 0.15) is 15.9 Å². The van der Waals surface area contributed by atoms with Crippen LogP contribution in [0.5, 0.6) is 0 Å². The van der Waals surface area contributed by atoms with E-state index in [0.717, 1.165) is 9.13 Å². The average Bonchev–Trinajstić information content (AvgIpc) is 2.47. The number of carboxylic acids is 1. The SMILES string of the molecule is O=C(N[C@H](Cc1cccc(I)c1)C(=O)O)c1ccccc1. The van der Waals surface area contributed by atoms with E-state index >= 15 is 0 Å². The van der Waals surface area contributed by atoms with Gasteiger partial charge in [0.2, 0.25) is 0 Å². The number of halogens is 1. The van der Waals surface area contributed by atoms with Gasteiger partial charge in [-0.3, -0.25) is 4.79 Å². The molecule has 0 unspecified atom stereocenters. The fourth-order valence-electron chi connectivity index (χ4n) is 1.93. The number of hydrogen-bond donors (Lipinski definition) is 2. The molecule has 0 aromatic heterocycles. The Kier molecular flexibility index (Phi) is 5.32. The molecule has 0 aliphatic heterocycles. The van der Waals surface area contributed by atoms with E-state index in [1.54, 1.807) is 30.3 Å². The van der Waals surface area contributed by atoms with E-state index in [4.69, 9.17) is 0 Å². The van der Waals surface area contributed by atoms with E-state index in [1.807, 2.05) is 24.3 Å². The Labute approximate surface area is 136 Å². The van der Waals surface area contributed by atoms with Crippen LogP contribution >= 0.6 is 22.6 Å². The summed E-state index contributed by atoms with van der Waals surface area (Å²) in [5, 5.41) is 11.8. The zero-order valence-corrected chi connectivity index (χ0v) is 13.3. The van der Waals surface area contributed by atoms with Crippen LogP contribution in [0.25, 0.3) is 0 Å². The Hall–Kier alpha value is -1.89. The van der Waals surface area contributed by atoms with E-state index in [-0.39, 0.29) is 12.3 Å². The van der Waals surface area contributed by atoms with Crippen molar-refractivity contribution in [2.24, 2.45) is 0 Å². The van der Waals surface area contributed by atoms with Crippen molar-refractivity contribution in [1.82, 2.24) is 5.32 Å². The van der Waals surface area contributed by atoms with Crippen LogP contribution in [0.15, 0.2) is 54.6 Å². The molecule has 0 saturated heterocycles. The second-order valence-corrected chi connectivity index (χ2v) is 5.81. The minimum Gasteiger partial charge on any atom is -0.480 e.